The fourth-order valence-corrected chi connectivity index (χ4v) is 3.59. The first-order chi connectivity index (χ1) is 11.1. The van der Waals surface area contributed by atoms with Crippen molar-refractivity contribution in [2.45, 2.75) is 10.9 Å². The van der Waals surface area contributed by atoms with E-state index in [1.165, 1.54) is 12.1 Å². The zero-order valence-corrected chi connectivity index (χ0v) is 13.8. The van der Waals surface area contributed by atoms with Gasteiger partial charge in [0.1, 0.15) is 10.8 Å². The predicted octanol–water partition coefficient (Wildman–Crippen LogP) is 2.33. The summed E-state index contributed by atoms with van der Waals surface area (Å²) >= 11 is 3.51. The lowest BCUT2D eigenvalue weighted by Crippen LogP contribution is -2.33. The van der Waals surface area contributed by atoms with Crippen LogP contribution in [0, 0.1) is 5.82 Å². The van der Waals surface area contributed by atoms with Crippen molar-refractivity contribution < 1.29 is 9.18 Å². The monoisotopic (exact) mass is 375 g/mol. The van der Waals surface area contributed by atoms with E-state index < -0.39 is 0 Å². The van der Waals surface area contributed by atoms with Gasteiger partial charge >= 0.3 is 0 Å². The van der Waals surface area contributed by atoms with Crippen LogP contribution in [0.1, 0.15) is 11.5 Å². The minimum absolute atomic E-state index is 0.0687. The molecule has 0 radical (unpaired) electrons. The Hall–Kier alpha value is -2.08. The second-order valence-corrected chi connectivity index (χ2v) is 6.83. The van der Waals surface area contributed by atoms with Gasteiger partial charge in [0, 0.05) is 12.5 Å². The summed E-state index contributed by atoms with van der Waals surface area (Å²) in [5.74, 6) is -0.250. The number of amides is 1. The van der Waals surface area contributed by atoms with Crippen molar-refractivity contribution in [1.82, 2.24) is 15.5 Å². The van der Waals surface area contributed by atoms with Crippen molar-refractivity contribution >= 4 is 21.8 Å². The highest BCUT2D eigenvalue weighted by Gasteiger charge is 2.33. The van der Waals surface area contributed by atoms with Gasteiger partial charge in [-0.15, -0.1) is 0 Å². The lowest BCUT2D eigenvalue weighted by molar-refractivity contribution is -0.117. The van der Waals surface area contributed by atoms with Crippen LogP contribution >= 0.6 is 15.9 Å². The number of carbonyl (C=O) groups is 1. The minimum Gasteiger partial charge on any atom is -0.370 e. The van der Waals surface area contributed by atoms with Gasteiger partial charge in [-0.3, -0.25) is 4.79 Å². The van der Waals surface area contributed by atoms with Crippen molar-refractivity contribution in [3.8, 4) is 0 Å². The van der Waals surface area contributed by atoms with Gasteiger partial charge in [0.15, 0.2) is 0 Å². The normalized spacial score (nSPS) is 26.1. The number of nitrogens with zero attached hydrogens (tertiary/aromatic N) is 1. The van der Waals surface area contributed by atoms with Crippen LogP contribution in [0.5, 0.6) is 0 Å². The molecule has 0 bridgehead atoms. The maximum atomic E-state index is 13.1. The molecule has 2 unspecified atom stereocenters. The Labute approximate surface area is 141 Å². The fourth-order valence-electron chi connectivity index (χ4n) is 3.16. The third-order valence-electron chi connectivity index (χ3n) is 4.31. The Morgan fingerprint density at radius 2 is 2.04 bits per heavy atom. The maximum Gasteiger partial charge on any atom is 0.271 e. The molecule has 3 aliphatic heterocycles. The first-order valence-corrected chi connectivity index (χ1v) is 8.37. The first kappa shape index (κ1) is 14.5. The second-order valence-electron chi connectivity index (χ2n) is 5.84. The number of carbonyl (C=O) groups excluding carboxylic acids is 1. The lowest BCUT2D eigenvalue weighted by Gasteiger charge is -2.24. The van der Waals surface area contributed by atoms with Crippen molar-refractivity contribution in [2.24, 2.45) is 0 Å². The molecule has 0 aliphatic carbocycles. The number of halogens is 2. The zero-order valence-electron chi connectivity index (χ0n) is 12.2. The van der Waals surface area contributed by atoms with Gasteiger partial charge in [0.05, 0.1) is 23.6 Å². The van der Waals surface area contributed by atoms with Crippen LogP contribution in [0.3, 0.4) is 0 Å². The van der Waals surface area contributed by atoms with E-state index in [0.29, 0.717) is 18.8 Å². The van der Waals surface area contributed by atoms with Gasteiger partial charge < -0.3 is 15.5 Å². The quantitative estimate of drug-likeness (QED) is 0.584. The van der Waals surface area contributed by atoms with Crippen LogP contribution in [0.25, 0.3) is 0 Å². The van der Waals surface area contributed by atoms with Gasteiger partial charge in [-0.25, -0.2) is 4.39 Å². The van der Waals surface area contributed by atoms with Crippen molar-refractivity contribution in [3.05, 3.63) is 71.0 Å². The summed E-state index contributed by atoms with van der Waals surface area (Å²) in [6.45, 7) is 1.35. The second kappa shape index (κ2) is 5.53. The van der Waals surface area contributed by atoms with Crippen LogP contribution in [-0.2, 0) is 4.79 Å². The van der Waals surface area contributed by atoms with Gasteiger partial charge in [-0.2, -0.15) is 0 Å². The highest BCUT2D eigenvalue weighted by molar-refractivity contribution is 9.09. The molecule has 2 N–H and O–H groups in total. The summed E-state index contributed by atoms with van der Waals surface area (Å²) in [6.07, 6.45) is 5.84. The summed E-state index contributed by atoms with van der Waals surface area (Å²) in [6, 6.07) is 6.48. The van der Waals surface area contributed by atoms with E-state index >= 15 is 0 Å². The van der Waals surface area contributed by atoms with E-state index in [4.69, 9.17) is 0 Å². The van der Waals surface area contributed by atoms with Crippen LogP contribution in [0.15, 0.2) is 59.6 Å². The summed E-state index contributed by atoms with van der Waals surface area (Å²) in [4.78, 5) is 14.6. The highest BCUT2D eigenvalue weighted by atomic mass is 79.9. The van der Waals surface area contributed by atoms with E-state index in [2.05, 4.69) is 31.5 Å². The number of allylic oxidation sites excluding steroid dienone is 1. The third kappa shape index (κ3) is 2.67. The Morgan fingerprint density at radius 3 is 2.83 bits per heavy atom. The topological polar surface area (TPSA) is 44.4 Å². The average molecular weight is 376 g/mol. The number of fused-ring (bicyclic) bond motifs is 1. The van der Waals surface area contributed by atoms with Gasteiger partial charge in [-0.1, -0.05) is 28.1 Å². The molecule has 0 saturated heterocycles. The number of benzene rings is 1. The van der Waals surface area contributed by atoms with E-state index in [0.717, 1.165) is 17.0 Å². The Bertz CT molecular complexity index is 754. The SMILES string of the molecule is O=C1NC2=C(CN3CC(c4ccc(F)cc4)C=C13)NC(Br)C=C2. The van der Waals surface area contributed by atoms with Crippen molar-refractivity contribution in [1.29, 1.82) is 0 Å². The number of nitrogens with one attached hydrogen (secondary N) is 2. The Kier molecular flexibility index (Phi) is 3.49. The largest absolute Gasteiger partial charge is 0.370 e. The van der Waals surface area contributed by atoms with Gasteiger partial charge in [0.25, 0.3) is 5.91 Å². The number of dihydropyridines is 1. The van der Waals surface area contributed by atoms with E-state index in [1.807, 2.05) is 18.2 Å². The smallest absolute Gasteiger partial charge is 0.271 e. The molecule has 2 atom stereocenters. The third-order valence-corrected chi connectivity index (χ3v) is 4.85. The van der Waals surface area contributed by atoms with Crippen LogP contribution < -0.4 is 10.6 Å². The molecule has 1 aromatic rings. The van der Waals surface area contributed by atoms with E-state index in [9.17, 15) is 9.18 Å². The van der Waals surface area contributed by atoms with Crippen molar-refractivity contribution in [2.75, 3.05) is 13.1 Å². The molecule has 0 spiro atoms. The van der Waals surface area contributed by atoms with Crippen LogP contribution in [0.4, 0.5) is 4.39 Å². The van der Waals surface area contributed by atoms with E-state index in [-0.39, 0.29) is 22.6 Å². The molecular weight excluding hydrogens is 361 g/mol. The average Bonchev–Trinajstić information content (AvgIpc) is 2.89. The fraction of sp³-hybridized carbons (Fsp3) is 0.235. The number of rotatable bonds is 1. The number of hydrogen-bond acceptors (Lipinski definition) is 3. The molecule has 3 aliphatic rings. The van der Waals surface area contributed by atoms with Gasteiger partial charge in [0.2, 0.25) is 0 Å². The molecule has 0 aromatic heterocycles. The zero-order chi connectivity index (χ0) is 16.0. The molecule has 0 saturated carbocycles. The van der Waals surface area contributed by atoms with E-state index in [1.54, 1.807) is 12.1 Å². The Morgan fingerprint density at radius 1 is 1.26 bits per heavy atom. The minimum atomic E-state index is -0.247. The summed E-state index contributed by atoms with van der Waals surface area (Å²) in [5.41, 5.74) is 3.50. The molecular formula is C17H15BrFN3O. The molecule has 4 rings (SSSR count). The lowest BCUT2D eigenvalue weighted by atomic mass is 10.00. The molecule has 1 amide bonds. The molecule has 3 heterocycles. The first-order valence-electron chi connectivity index (χ1n) is 7.46. The van der Waals surface area contributed by atoms with Crippen LogP contribution in [0.2, 0.25) is 0 Å². The number of hydrogen-bond donors (Lipinski definition) is 2. The maximum absolute atomic E-state index is 13.1. The van der Waals surface area contributed by atoms with Crippen molar-refractivity contribution in [3.63, 3.8) is 0 Å². The highest BCUT2D eigenvalue weighted by Crippen LogP contribution is 2.32. The Balaban J connectivity index is 1.61. The standard InChI is InChI=1S/C17H15BrFN3O/c18-16-6-5-13-14(20-16)9-22-8-11(7-15(22)17(23)21-13)10-1-3-12(19)4-2-10/h1-7,11,16,20H,8-9H2,(H,21,23). The van der Waals surface area contributed by atoms with Gasteiger partial charge in [-0.05, 0) is 35.9 Å². The molecule has 118 valence electrons. The molecule has 23 heavy (non-hydrogen) atoms. The summed E-state index contributed by atoms with van der Waals surface area (Å²) < 4.78 is 13.1. The molecule has 6 heteroatoms. The predicted molar refractivity (Wildman–Crippen MR) is 89.0 cm³/mol. The molecule has 1 aromatic carbocycles. The summed E-state index contributed by atoms with van der Waals surface area (Å²) in [7, 11) is 0. The van der Waals surface area contributed by atoms with Crippen LogP contribution in [-0.4, -0.2) is 28.8 Å². The molecule has 0 fully saturated rings. The number of alkyl halides is 1. The molecule has 4 nitrogen and oxygen atoms in total. The summed E-state index contributed by atoms with van der Waals surface area (Å²) in [5, 5.41) is 6.28.